The lowest BCUT2D eigenvalue weighted by atomic mass is 10.2. The van der Waals surface area contributed by atoms with Crippen molar-refractivity contribution in [3.63, 3.8) is 0 Å². The summed E-state index contributed by atoms with van der Waals surface area (Å²) in [6, 6.07) is 4.23. The van der Waals surface area contributed by atoms with E-state index in [4.69, 9.17) is 10.5 Å². The number of nitrogens with one attached hydrogen (secondary N) is 1. The van der Waals surface area contributed by atoms with Crippen LogP contribution in [0.25, 0.3) is 0 Å². The van der Waals surface area contributed by atoms with E-state index in [9.17, 15) is 12.8 Å². The van der Waals surface area contributed by atoms with Crippen LogP contribution in [0, 0.1) is 5.82 Å². The van der Waals surface area contributed by atoms with Crippen LogP contribution in [0.3, 0.4) is 0 Å². The van der Waals surface area contributed by atoms with Crippen molar-refractivity contribution >= 4 is 10.0 Å². The van der Waals surface area contributed by atoms with Crippen molar-refractivity contribution in [1.82, 2.24) is 4.72 Å². The van der Waals surface area contributed by atoms with E-state index in [1.807, 2.05) is 0 Å². The second kappa shape index (κ2) is 6.79. The molecule has 0 spiro atoms. The van der Waals surface area contributed by atoms with Crippen molar-refractivity contribution in [2.75, 3.05) is 20.3 Å². The van der Waals surface area contributed by atoms with Gasteiger partial charge in [-0.3, -0.25) is 0 Å². The minimum atomic E-state index is -3.67. The fourth-order valence-corrected chi connectivity index (χ4v) is 2.74. The lowest BCUT2D eigenvalue weighted by molar-refractivity contribution is 0.172. The maximum absolute atomic E-state index is 12.7. The van der Waals surface area contributed by atoms with Gasteiger partial charge in [-0.15, -0.1) is 0 Å². The topological polar surface area (TPSA) is 81.4 Å². The predicted octanol–water partition coefficient (Wildman–Crippen LogP) is 0.468. The van der Waals surface area contributed by atoms with Gasteiger partial charge in [-0.05, 0) is 37.2 Å². The third-order valence-corrected chi connectivity index (χ3v) is 3.87. The Kier molecular flexibility index (Phi) is 5.67. The van der Waals surface area contributed by atoms with Crippen molar-refractivity contribution in [2.24, 2.45) is 5.73 Å². The van der Waals surface area contributed by atoms with Crippen LogP contribution in [0.5, 0.6) is 0 Å². The Bertz CT molecular complexity index is 456. The van der Waals surface area contributed by atoms with E-state index in [1.54, 1.807) is 0 Å². The molecule has 1 aromatic rings. The average Bonchev–Trinajstić information content (AvgIpc) is 2.29. The summed E-state index contributed by atoms with van der Waals surface area (Å²) >= 11 is 0. The number of halogens is 1. The maximum Gasteiger partial charge on any atom is 0.240 e. The first-order valence-corrected chi connectivity index (χ1v) is 6.95. The van der Waals surface area contributed by atoms with E-state index in [1.165, 1.54) is 19.2 Å². The fourth-order valence-electron chi connectivity index (χ4n) is 1.48. The van der Waals surface area contributed by atoms with Gasteiger partial charge in [0.2, 0.25) is 10.0 Å². The molecule has 1 atom stereocenters. The molecule has 0 saturated heterocycles. The highest BCUT2D eigenvalue weighted by atomic mass is 32.2. The predicted molar refractivity (Wildman–Crippen MR) is 66.1 cm³/mol. The monoisotopic (exact) mass is 276 g/mol. The van der Waals surface area contributed by atoms with Crippen LogP contribution >= 0.6 is 0 Å². The molecule has 7 heteroatoms. The Morgan fingerprint density at radius 1 is 1.39 bits per heavy atom. The molecule has 0 bridgehead atoms. The molecule has 1 aromatic carbocycles. The van der Waals surface area contributed by atoms with Gasteiger partial charge in [0.05, 0.1) is 11.5 Å². The van der Waals surface area contributed by atoms with Gasteiger partial charge in [-0.25, -0.2) is 17.5 Å². The molecule has 0 aliphatic rings. The molecule has 0 aliphatic heterocycles. The molecule has 0 aliphatic carbocycles. The molecular formula is C11H17FN2O3S. The van der Waals surface area contributed by atoms with Gasteiger partial charge in [0.15, 0.2) is 0 Å². The molecule has 5 nitrogen and oxygen atoms in total. The van der Waals surface area contributed by atoms with E-state index < -0.39 is 21.9 Å². The lowest BCUT2D eigenvalue weighted by Gasteiger charge is -2.17. The van der Waals surface area contributed by atoms with Crippen LogP contribution in [-0.2, 0) is 14.8 Å². The smallest absolute Gasteiger partial charge is 0.240 e. The number of benzene rings is 1. The summed E-state index contributed by atoms with van der Waals surface area (Å²) in [5, 5.41) is 0. The standard InChI is InChI=1S/C11H17FN2O3S/c1-17-8-10(6-7-13)14-18(15,16)11-4-2-9(12)3-5-11/h2-5,10,14H,6-8,13H2,1H3. The van der Waals surface area contributed by atoms with Crippen LogP contribution in [0.15, 0.2) is 29.2 Å². The molecule has 3 N–H and O–H groups in total. The van der Waals surface area contributed by atoms with Crippen LogP contribution in [0.4, 0.5) is 4.39 Å². The Morgan fingerprint density at radius 3 is 2.50 bits per heavy atom. The zero-order chi connectivity index (χ0) is 13.6. The van der Waals surface area contributed by atoms with Crippen LogP contribution < -0.4 is 10.5 Å². The molecule has 102 valence electrons. The van der Waals surface area contributed by atoms with E-state index in [2.05, 4.69) is 4.72 Å². The van der Waals surface area contributed by atoms with Crippen LogP contribution in [0.1, 0.15) is 6.42 Å². The number of hydrogen-bond donors (Lipinski definition) is 2. The Labute approximate surface area is 106 Å². The molecule has 1 unspecified atom stereocenters. The van der Waals surface area contributed by atoms with Crippen LogP contribution in [-0.4, -0.2) is 34.7 Å². The van der Waals surface area contributed by atoms with Crippen molar-refractivity contribution in [3.05, 3.63) is 30.1 Å². The summed E-state index contributed by atoms with van der Waals surface area (Å²) in [5.41, 5.74) is 5.40. The van der Waals surface area contributed by atoms with E-state index >= 15 is 0 Å². The summed E-state index contributed by atoms with van der Waals surface area (Å²) < 4.78 is 44.1. The number of hydrogen-bond acceptors (Lipinski definition) is 4. The third kappa shape index (κ3) is 4.34. The minimum absolute atomic E-state index is 0.0158. The Balaban J connectivity index is 2.82. The van der Waals surface area contributed by atoms with Gasteiger partial charge in [0.1, 0.15) is 5.82 Å². The molecular weight excluding hydrogens is 259 g/mol. The van der Waals surface area contributed by atoms with Gasteiger partial charge in [0, 0.05) is 13.2 Å². The highest BCUT2D eigenvalue weighted by Gasteiger charge is 2.19. The molecule has 0 saturated carbocycles. The van der Waals surface area contributed by atoms with Gasteiger partial charge in [0.25, 0.3) is 0 Å². The molecule has 0 heterocycles. The van der Waals surface area contributed by atoms with E-state index in [0.717, 1.165) is 12.1 Å². The summed E-state index contributed by atoms with van der Waals surface area (Å²) in [6.07, 6.45) is 0.467. The molecule has 0 radical (unpaired) electrons. The zero-order valence-corrected chi connectivity index (χ0v) is 10.9. The lowest BCUT2D eigenvalue weighted by Crippen LogP contribution is -2.39. The van der Waals surface area contributed by atoms with Crippen molar-refractivity contribution < 1.29 is 17.5 Å². The van der Waals surface area contributed by atoms with E-state index in [0.29, 0.717) is 13.0 Å². The largest absolute Gasteiger partial charge is 0.383 e. The molecule has 0 fully saturated rings. The molecule has 0 aromatic heterocycles. The second-order valence-corrected chi connectivity index (χ2v) is 5.52. The first kappa shape index (κ1) is 15.0. The Hall–Kier alpha value is -1.02. The van der Waals surface area contributed by atoms with E-state index in [-0.39, 0.29) is 11.5 Å². The quantitative estimate of drug-likeness (QED) is 0.758. The van der Waals surface area contributed by atoms with Crippen molar-refractivity contribution in [1.29, 1.82) is 0 Å². The Morgan fingerprint density at radius 2 is 2.00 bits per heavy atom. The molecule has 18 heavy (non-hydrogen) atoms. The average molecular weight is 276 g/mol. The summed E-state index contributed by atoms with van der Waals surface area (Å²) in [6.45, 7) is 0.581. The van der Waals surface area contributed by atoms with Gasteiger partial charge < -0.3 is 10.5 Å². The van der Waals surface area contributed by atoms with Crippen molar-refractivity contribution in [3.8, 4) is 0 Å². The fraction of sp³-hybridized carbons (Fsp3) is 0.455. The van der Waals surface area contributed by atoms with Crippen LogP contribution in [0.2, 0.25) is 0 Å². The number of ether oxygens (including phenoxy) is 1. The molecule has 0 amide bonds. The zero-order valence-electron chi connectivity index (χ0n) is 10.1. The van der Waals surface area contributed by atoms with Gasteiger partial charge >= 0.3 is 0 Å². The number of nitrogens with two attached hydrogens (primary N) is 1. The highest BCUT2D eigenvalue weighted by molar-refractivity contribution is 7.89. The first-order valence-electron chi connectivity index (χ1n) is 5.46. The number of methoxy groups -OCH3 is 1. The summed E-state index contributed by atoms with van der Waals surface area (Å²) in [4.78, 5) is 0.0158. The number of rotatable bonds is 7. The normalized spacial score (nSPS) is 13.5. The van der Waals surface area contributed by atoms with Gasteiger partial charge in [-0.2, -0.15) is 0 Å². The summed E-state index contributed by atoms with van der Waals surface area (Å²) in [7, 11) is -2.19. The number of sulfonamides is 1. The first-order chi connectivity index (χ1) is 8.49. The highest BCUT2D eigenvalue weighted by Crippen LogP contribution is 2.10. The molecule has 1 rings (SSSR count). The van der Waals surface area contributed by atoms with Gasteiger partial charge in [-0.1, -0.05) is 0 Å². The maximum atomic E-state index is 12.7. The SMILES string of the molecule is COCC(CCN)NS(=O)(=O)c1ccc(F)cc1. The van der Waals surface area contributed by atoms with Crippen molar-refractivity contribution in [2.45, 2.75) is 17.4 Å². The minimum Gasteiger partial charge on any atom is -0.383 e. The summed E-state index contributed by atoms with van der Waals surface area (Å²) in [5.74, 6) is -0.482. The second-order valence-electron chi connectivity index (χ2n) is 3.80. The third-order valence-electron chi connectivity index (χ3n) is 2.33.